The monoisotopic (exact) mass is 513 g/mol. The summed E-state index contributed by atoms with van der Waals surface area (Å²) < 4.78 is 15.7. The van der Waals surface area contributed by atoms with Gasteiger partial charge in [0.25, 0.3) is 0 Å². The fraction of sp³-hybridized carbons (Fsp3) is 0.207. The number of carbonyl (C=O) groups is 1. The van der Waals surface area contributed by atoms with Gasteiger partial charge in [-0.15, -0.1) is 0 Å². The normalized spacial score (nSPS) is 17.1. The first-order valence-electron chi connectivity index (χ1n) is 12.2. The van der Waals surface area contributed by atoms with Gasteiger partial charge in [0.05, 0.1) is 17.8 Å². The maximum absolute atomic E-state index is 13.6. The number of anilines is 1. The van der Waals surface area contributed by atoms with E-state index in [0.717, 1.165) is 34.0 Å². The minimum absolute atomic E-state index is 0.0779. The predicted octanol–water partition coefficient (Wildman–Crippen LogP) is 5.63. The fourth-order valence-electron chi connectivity index (χ4n) is 5.03. The van der Waals surface area contributed by atoms with Gasteiger partial charge in [-0.05, 0) is 86.2 Å². The highest BCUT2D eigenvalue weighted by Crippen LogP contribution is 2.41. The smallest absolute Gasteiger partial charge is 0.226 e. The number of thiocarbonyl (C=S) groups is 1. The maximum Gasteiger partial charge on any atom is 0.226 e. The zero-order chi connectivity index (χ0) is 25.9. The number of rotatable bonds is 7. The number of hydrogen-bond acceptors (Lipinski definition) is 3. The molecule has 0 bridgehead atoms. The molecule has 0 saturated carbocycles. The Balaban J connectivity index is 1.47. The Morgan fingerprint density at radius 1 is 1.05 bits per heavy atom. The molecule has 1 saturated heterocycles. The average molecular weight is 514 g/mol. The van der Waals surface area contributed by atoms with Gasteiger partial charge in [0.1, 0.15) is 5.82 Å². The first-order valence-corrected chi connectivity index (χ1v) is 12.6. The molecule has 37 heavy (non-hydrogen) atoms. The number of hydrogen-bond donors (Lipinski definition) is 2. The highest BCUT2D eigenvalue weighted by Gasteiger charge is 2.41. The number of halogens is 1. The second kappa shape index (κ2) is 10.5. The highest BCUT2D eigenvalue weighted by atomic mass is 32.1. The number of nitrogens with zero attached hydrogens (tertiary/aromatic N) is 3. The minimum Gasteiger partial charge on any atom is -0.352 e. The number of nitrogens with one attached hydrogen (secondary N) is 2. The molecule has 4 aromatic rings. The number of pyridine rings is 1. The number of aromatic nitrogens is 2. The molecular formula is C29H28FN5OS. The zero-order valence-corrected chi connectivity index (χ0v) is 21.5. The van der Waals surface area contributed by atoms with E-state index in [2.05, 4.69) is 38.1 Å². The topological polar surface area (TPSA) is 62.2 Å². The first kappa shape index (κ1) is 24.6. The molecule has 8 heteroatoms. The molecule has 2 aromatic carbocycles. The molecule has 2 aromatic heterocycles. The van der Waals surface area contributed by atoms with Gasteiger partial charge >= 0.3 is 0 Å². The van der Waals surface area contributed by atoms with E-state index in [-0.39, 0.29) is 30.2 Å². The van der Waals surface area contributed by atoms with Gasteiger partial charge in [0.15, 0.2) is 5.11 Å². The Morgan fingerprint density at radius 3 is 2.49 bits per heavy atom. The largest absolute Gasteiger partial charge is 0.352 e. The molecule has 1 aliphatic heterocycles. The lowest BCUT2D eigenvalue weighted by Gasteiger charge is -2.28. The van der Waals surface area contributed by atoms with Gasteiger partial charge in [0.2, 0.25) is 5.91 Å². The molecule has 1 fully saturated rings. The van der Waals surface area contributed by atoms with Crippen LogP contribution in [0.3, 0.4) is 0 Å². The predicted molar refractivity (Wildman–Crippen MR) is 147 cm³/mol. The second-order valence-corrected chi connectivity index (χ2v) is 9.51. The number of amides is 1. The van der Waals surface area contributed by atoms with Gasteiger partial charge in [-0.1, -0.05) is 24.3 Å². The third kappa shape index (κ3) is 5.11. The van der Waals surface area contributed by atoms with Crippen molar-refractivity contribution in [2.75, 3.05) is 11.9 Å². The van der Waals surface area contributed by atoms with Gasteiger partial charge < -0.3 is 20.1 Å². The van der Waals surface area contributed by atoms with Crippen molar-refractivity contribution in [1.29, 1.82) is 0 Å². The molecule has 3 heterocycles. The summed E-state index contributed by atoms with van der Waals surface area (Å²) in [4.78, 5) is 19.4. The fourth-order valence-corrected chi connectivity index (χ4v) is 5.36. The summed E-state index contributed by atoms with van der Waals surface area (Å²) in [5, 5.41) is 6.99. The van der Waals surface area contributed by atoms with Crippen molar-refractivity contribution in [1.82, 2.24) is 19.8 Å². The third-order valence-corrected chi connectivity index (χ3v) is 7.06. The van der Waals surface area contributed by atoms with Crippen molar-refractivity contribution < 1.29 is 9.18 Å². The summed E-state index contributed by atoms with van der Waals surface area (Å²) in [7, 11) is 0. The van der Waals surface area contributed by atoms with Crippen LogP contribution < -0.4 is 10.6 Å². The Kier molecular flexibility index (Phi) is 7.01. The molecule has 5 rings (SSSR count). The van der Waals surface area contributed by atoms with Crippen molar-refractivity contribution in [3.63, 3.8) is 0 Å². The Hall–Kier alpha value is -4.04. The maximum atomic E-state index is 13.6. The molecule has 0 unspecified atom stereocenters. The van der Waals surface area contributed by atoms with E-state index < -0.39 is 0 Å². The highest BCUT2D eigenvalue weighted by molar-refractivity contribution is 7.80. The molecule has 2 atom stereocenters. The first-order chi connectivity index (χ1) is 17.9. The van der Waals surface area contributed by atoms with E-state index in [9.17, 15) is 9.18 Å². The summed E-state index contributed by atoms with van der Waals surface area (Å²) in [6.45, 7) is 4.54. The van der Waals surface area contributed by atoms with Gasteiger partial charge in [0, 0.05) is 41.9 Å². The molecule has 0 radical (unpaired) electrons. The van der Waals surface area contributed by atoms with Crippen LogP contribution in [0.25, 0.3) is 5.69 Å². The van der Waals surface area contributed by atoms with Crippen LogP contribution >= 0.6 is 12.2 Å². The minimum atomic E-state index is -0.271. The Bertz CT molecular complexity index is 1410. The SMILES string of the molecule is Cc1cc([C@@H]2[C@H](c3ccccn3)NC(=S)N2CCC(=O)Nc2ccccc2)c(C)n1-c1ccc(F)cc1. The molecule has 1 amide bonds. The molecule has 6 nitrogen and oxygen atoms in total. The molecular weight excluding hydrogens is 485 g/mol. The van der Waals surface area contributed by atoms with E-state index in [1.54, 1.807) is 18.3 Å². The van der Waals surface area contributed by atoms with Crippen molar-refractivity contribution in [3.8, 4) is 5.69 Å². The van der Waals surface area contributed by atoms with Crippen LogP contribution in [0.1, 0.15) is 41.1 Å². The Morgan fingerprint density at radius 2 is 1.78 bits per heavy atom. The standard InChI is InChI=1S/C29H28FN5OS/c1-19-18-24(20(2)35(19)23-13-11-21(30)12-14-23)28-27(25-10-6-7-16-31-25)33-29(37)34(28)17-15-26(36)32-22-8-4-3-5-9-22/h3-14,16,18,27-28H,15,17H2,1-2H3,(H,32,36)(H,33,37)/t27-,28+/m0/s1. The molecule has 188 valence electrons. The zero-order valence-electron chi connectivity index (χ0n) is 20.7. The molecule has 1 aliphatic rings. The van der Waals surface area contributed by atoms with Crippen LogP contribution in [0.15, 0.2) is 85.1 Å². The lowest BCUT2D eigenvalue weighted by Crippen LogP contribution is -2.32. The summed E-state index contributed by atoms with van der Waals surface area (Å²) in [5.74, 6) is -0.349. The summed E-state index contributed by atoms with van der Waals surface area (Å²) >= 11 is 5.77. The van der Waals surface area contributed by atoms with Crippen LogP contribution in [0.4, 0.5) is 10.1 Å². The summed E-state index contributed by atoms with van der Waals surface area (Å²) in [5.41, 5.74) is 5.66. The second-order valence-electron chi connectivity index (χ2n) is 9.12. The summed E-state index contributed by atoms with van der Waals surface area (Å²) in [6, 6.07) is 23.5. The quantitative estimate of drug-likeness (QED) is 0.314. The van der Waals surface area contributed by atoms with Crippen LogP contribution in [0, 0.1) is 19.7 Å². The van der Waals surface area contributed by atoms with E-state index >= 15 is 0 Å². The lowest BCUT2D eigenvalue weighted by atomic mass is 9.96. The third-order valence-electron chi connectivity index (χ3n) is 6.71. The van der Waals surface area contributed by atoms with Crippen molar-refractivity contribution in [3.05, 3.63) is 114 Å². The van der Waals surface area contributed by atoms with Gasteiger partial charge in [-0.3, -0.25) is 9.78 Å². The van der Waals surface area contributed by atoms with Gasteiger partial charge in [-0.2, -0.15) is 0 Å². The number of benzene rings is 2. The van der Waals surface area contributed by atoms with Crippen LogP contribution in [0.5, 0.6) is 0 Å². The Labute approximate surface area is 221 Å². The summed E-state index contributed by atoms with van der Waals surface area (Å²) in [6.07, 6.45) is 2.05. The van der Waals surface area contributed by atoms with Crippen LogP contribution in [-0.4, -0.2) is 32.0 Å². The molecule has 0 aliphatic carbocycles. The van der Waals surface area contributed by atoms with Crippen LogP contribution in [0.2, 0.25) is 0 Å². The lowest BCUT2D eigenvalue weighted by molar-refractivity contribution is -0.116. The molecule has 0 spiro atoms. The van der Waals surface area contributed by atoms with Crippen molar-refractivity contribution in [2.24, 2.45) is 0 Å². The number of aryl methyl sites for hydroxylation is 1. The van der Waals surface area contributed by atoms with Crippen molar-refractivity contribution >= 4 is 28.9 Å². The molecule has 2 N–H and O–H groups in total. The number of para-hydroxylation sites is 1. The van der Waals surface area contributed by atoms with E-state index in [0.29, 0.717) is 11.7 Å². The van der Waals surface area contributed by atoms with E-state index in [4.69, 9.17) is 12.2 Å². The van der Waals surface area contributed by atoms with Crippen LogP contribution in [-0.2, 0) is 4.79 Å². The van der Waals surface area contributed by atoms with Gasteiger partial charge in [-0.25, -0.2) is 4.39 Å². The average Bonchev–Trinajstić information content (AvgIpc) is 3.39. The van der Waals surface area contributed by atoms with Crippen molar-refractivity contribution in [2.45, 2.75) is 32.4 Å². The number of carbonyl (C=O) groups excluding carboxylic acids is 1. The van der Waals surface area contributed by atoms with E-state index in [1.165, 1.54) is 12.1 Å². The van der Waals surface area contributed by atoms with E-state index in [1.807, 2.05) is 55.5 Å².